The Morgan fingerprint density at radius 2 is 1.88 bits per heavy atom. The van der Waals surface area contributed by atoms with Crippen LogP contribution in [0.4, 0.5) is 15.5 Å². The van der Waals surface area contributed by atoms with Gasteiger partial charge in [0.2, 0.25) is 0 Å². The number of carbonyl (C=O) groups excluding carboxylic acids is 1. The smallest absolute Gasteiger partial charge is 0.308 e. The zero-order valence-electron chi connectivity index (χ0n) is 9.16. The maximum atomic E-state index is 11.6. The van der Waals surface area contributed by atoms with Gasteiger partial charge in [-0.25, -0.2) is 4.79 Å². The molecule has 0 spiro atoms. The normalized spacial score (nSPS) is 10.0. The van der Waals surface area contributed by atoms with E-state index in [1.165, 1.54) is 11.3 Å². The van der Waals surface area contributed by atoms with Crippen LogP contribution in [0.5, 0.6) is 0 Å². The van der Waals surface area contributed by atoms with Gasteiger partial charge < -0.3 is 5.32 Å². The highest BCUT2D eigenvalue weighted by molar-refractivity contribution is 7.15. The fourth-order valence-corrected chi connectivity index (χ4v) is 2.28. The molecule has 0 saturated heterocycles. The maximum absolute atomic E-state index is 11.6. The van der Waals surface area contributed by atoms with Crippen molar-refractivity contribution in [2.75, 3.05) is 10.6 Å². The van der Waals surface area contributed by atoms with E-state index in [9.17, 15) is 4.79 Å². The Bertz CT molecular complexity index is 522. The Morgan fingerprint density at radius 3 is 2.47 bits per heavy atom. The van der Waals surface area contributed by atoms with Gasteiger partial charge in [0.1, 0.15) is 5.00 Å². The summed E-state index contributed by atoms with van der Waals surface area (Å²) >= 11 is 7.26. The first-order valence-electron chi connectivity index (χ1n) is 5.03. The van der Waals surface area contributed by atoms with Gasteiger partial charge in [0.25, 0.3) is 0 Å². The third-order valence-corrected chi connectivity index (χ3v) is 3.41. The number of nitrogens with one attached hydrogen (secondary N) is 2. The Labute approximate surface area is 108 Å². The van der Waals surface area contributed by atoms with Crippen molar-refractivity contribution in [2.45, 2.75) is 6.92 Å². The topological polar surface area (TPSA) is 41.1 Å². The molecule has 0 aliphatic carbocycles. The highest BCUT2D eigenvalue weighted by atomic mass is 35.5. The van der Waals surface area contributed by atoms with Crippen LogP contribution in [0.1, 0.15) is 5.56 Å². The Morgan fingerprint density at radius 1 is 1.18 bits per heavy atom. The molecule has 1 heterocycles. The average Bonchev–Trinajstić information content (AvgIpc) is 2.68. The predicted octanol–water partition coefficient (Wildman–Crippen LogP) is 4.35. The second-order valence-corrected chi connectivity index (χ2v) is 4.87. The fraction of sp³-hybridized carbons (Fsp3) is 0.0833. The molecule has 0 saturated carbocycles. The molecule has 5 heteroatoms. The van der Waals surface area contributed by atoms with E-state index in [1.807, 2.05) is 36.6 Å². The largest absolute Gasteiger partial charge is 0.324 e. The summed E-state index contributed by atoms with van der Waals surface area (Å²) in [7, 11) is 0. The van der Waals surface area contributed by atoms with Crippen molar-refractivity contribution in [2.24, 2.45) is 0 Å². The van der Waals surface area contributed by atoms with Crippen LogP contribution in [0.3, 0.4) is 0 Å². The van der Waals surface area contributed by atoms with E-state index in [0.717, 1.165) is 11.3 Å². The third kappa shape index (κ3) is 3.22. The van der Waals surface area contributed by atoms with Crippen molar-refractivity contribution in [1.82, 2.24) is 0 Å². The summed E-state index contributed by atoms with van der Waals surface area (Å²) in [6.45, 7) is 2.00. The van der Waals surface area contributed by atoms with Crippen molar-refractivity contribution in [3.63, 3.8) is 0 Å². The summed E-state index contributed by atoms with van der Waals surface area (Å²) in [5.41, 5.74) is 1.90. The first-order chi connectivity index (χ1) is 8.15. The molecule has 0 aliphatic heterocycles. The van der Waals surface area contributed by atoms with Crippen molar-refractivity contribution >= 4 is 39.7 Å². The molecular formula is C12H11ClN2OS. The number of thiophene rings is 1. The lowest BCUT2D eigenvalue weighted by Gasteiger charge is -2.06. The molecule has 0 unspecified atom stereocenters. The standard InChI is InChI=1S/C12H11ClN2OS/c1-8-2-4-9(5-3-8)14-12(16)15-11-10(13)6-7-17-11/h2-7H,1H3,(H2,14,15,16). The van der Waals surface area contributed by atoms with E-state index in [-0.39, 0.29) is 6.03 Å². The molecule has 88 valence electrons. The number of halogens is 1. The second kappa shape index (κ2) is 5.21. The summed E-state index contributed by atoms with van der Waals surface area (Å²) in [6.07, 6.45) is 0. The van der Waals surface area contributed by atoms with Gasteiger partial charge in [-0.2, -0.15) is 0 Å². The number of amides is 2. The fourth-order valence-electron chi connectivity index (χ4n) is 1.29. The van der Waals surface area contributed by atoms with Crippen molar-refractivity contribution < 1.29 is 4.79 Å². The molecule has 2 amide bonds. The first kappa shape index (κ1) is 12.0. The SMILES string of the molecule is Cc1ccc(NC(=O)Nc2sccc2Cl)cc1. The van der Waals surface area contributed by atoms with Crippen molar-refractivity contribution in [3.8, 4) is 0 Å². The number of aryl methyl sites for hydroxylation is 1. The molecule has 2 aromatic rings. The summed E-state index contributed by atoms with van der Waals surface area (Å²) in [6, 6.07) is 9.03. The quantitative estimate of drug-likeness (QED) is 0.833. The van der Waals surface area contributed by atoms with Gasteiger partial charge in [0, 0.05) is 5.69 Å². The Hall–Kier alpha value is -1.52. The van der Waals surface area contributed by atoms with Gasteiger partial charge in [0.05, 0.1) is 5.02 Å². The van der Waals surface area contributed by atoms with Crippen LogP contribution in [-0.2, 0) is 0 Å². The average molecular weight is 267 g/mol. The number of carbonyl (C=O) groups is 1. The van der Waals surface area contributed by atoms with Crippen molar-refractivity contribution in [1.29, 1.82) is 0 Å². The van der Waals surface area contributed by atoms with E-state index in [0.29, 0.717) is 10.0 Å². The number of rotatable bonds is 2. The predicted molar refractivity (Wildman–Crippen MR) is 73.1 cm³/mol. The molecule has 1 aromatic heterocycles. The first-order valence-corrected chi connectivity index (χ1v) is 6.28. The highest BCUT2D eigenvalue weighted by Gasteiger charge is 2.06. The van der Waals surface area contributed by atoms with Gasteiger partial charge in [-0.3, -0.25) is 5.32 Å². The molecule has 2 N–H and O–H groups in total. The van der Waals surface area contributed by atoms with E-state index in [1.54, 1.807) is 6.07 Å². The van der Waals surface area contributed by atoms with Crippen LogP contribution in [0.15, 0.2) is 35.7 Å². The lowest BCUT2D eigenvalue weighted by atomic mass is 10.2. The van der Waals surface area contributed by atoms with Gasteiger partial charge in [-0.05, 0) is 30.5 Å². The minimum Gasteiger partial charge on any atom is -0.308 e. The number of anilines is 2. The van der Waals surface area contributed by atoms with Gasteiger partial charge in [-0.15, -0.1) is 11.3 Å². The highest BCUT2D eigenvalue weighted by Crippen LogP contribution is 2.27. The Kier molecular flexibility index (Phi) is 3.66. The Balaban J connectivity index is 1.98. The zero-order chi connectivity index (χ0) is 12.3. The van der Waals surface area contributed by atoms with Crippen LogP contribution in [-0.4, -0.2) is 6.03 Å². The summed E-state index contributed by atoms with van der Waals surface area (Å²) < 4.78 is 0. The zero-order valence-corrected chi connectivity index (χ0v) is 10.7. The van der Waals surface area contributed by atoms with Crippen LogP contribution in [0.2, 0.25) is 5.02 Å². The number of urea groups is 1. The molecule has 0 radical (unpaired) electrons. The lowest BCUT2D eigenvalue weighted by Crippen LogP contribution is -2.18. The molecule has 1 aromatic carbocycles. The minimum absolute atomic E-state index is 0.293. The molecule has 0 bridgehead atoms. The molecule has 0 aliphatic rings. The molecule has 0 fully saturated rings. The molecule has 17 heavy (non-hydrogen) atoms. The number of hydrogen-bond donors (Lipinski definition) is 2. The van der Waals surface area contributed by atoms with E-state index >= 15 is 0 Å². The summed E-state index contributed by atoms with van der Waals surface area (Å²) in [4.78, 5) is 11.6. The van der Waals surface area contributed by atoms with Crippen LogP contribution < -0.4 is 10.6 Å². The van der Waals surface area contributed by atoms with Gasteiger partial charge in [-0.1, -0.05) is 29.3 Å². The summed E-state index contributed by atoms with van der Waals surface area (Å²) in [5, 5.41) is 8.45. The second-order valence-electron chi connectivity index (χ2n) is 3.54. The number of benzene rings is 1. The van der Waals surface area contributed by atoms with Crippen molar-refractivity contribution in [3.05, 3.63) is 46.3 Å². The molecule has 0 atom stereocenters. The van der Waals surface area contributed by atoms with Crippen LogP contribution in [0.25, 0.3) is 0 Å². The van der Waals surface area contributed by atoms with E-state index in [4.69, 9.17) is 11.6 Å². The van der Waals surface area contributed by atoms with Crippen LogP contribution >= 0.6 is 22.9 Å². The van der Waals surface area contributed by atoms with Gasteiger partial charge >= 0.3 is 6.03 Å². The van der Waals surface area contributed by atoms with E-state index < -0.39 is 0 Å². The third-order valence-electron chi connectivity index (χ3n) is 2.15. The van der Waals surface area contributed by atoms with E-state index in [2.05, 4.69) is 10.6 Å². The monoisotopic (exact) mass is 266 g/mol. The molecule has 3 nitrogen and oxygen atoms in total. The molecular weight excluding hydrogens is 256 g/mol. The molecule has 2 rings (SSSR count). The maximum Gasteiger partial charge on any atom is 0.324 e. The number of hydrogen-bond acceptors (Lipinski definition) is 2. The van der Waals surface area contributed by atoms with Gasteiger partial charge in [0.15, 0.2) is 0 Å². The lowest BCUT2D eigenvalue weighted by molar-refractivity contribution is 0.262. The summed E-state index contributed by atoms with van der Waals surface area (Å²) in [5.74, 6) is 0. The minimum atomic E-state index is -0.293. The van der Waals surface area contributed by atoms with Crippen LogP contribution in [0, 0.1) is 6.92 Å².